The van der Waals surface area contributed by atoms with Crippen LogP contribution in [0.5, 0.6) is 0 Å². The number of nitrogens with zero attached hydrogens (tertiary/aromatic N) is 2. The average molecular weight is 266 g/mol. The number of hydrogen-bond acceptors (Lipinski definition) is 4. The van der Waals surface area contributed by atoms with Gasteiger partial charge < -0.3 is 5.73 Å². The van der Waals surface area contributed by atoms with Gasteiger partial charge in [-0.2, -0.15) is 5.10 Å². The van der Waals surface area contributed by atoms with Gasteiger partial charge in [-0.05, 0) is 24.3 Å². The summed E-state index contributed by atoms with van der Waals surface area (Å²) in [5, 5.41) is 15.2. The number of halogens is 2. The van der Waals surface area contributed by atoms with Gasteiger partial charge in [0.1, 0.15) is 10.9 Å². The molecule has 7 heteroatoms. The fourth-order valence-corrected chi connectivity index (χ4v) is 2.15. The quantitative estimate of drug-likeness (QED) is 0.659. The molecule has 0 atom stereocenters. The third kappa shape index (κ3) is 2.62. The van der Waals surface area contributed by atoms with Crippen molar-refractivity contribution in [1.29, 1.82) is 5.41 Å². The highest BCUT2D eigenvalue weighted by atomic mass is 32.2. The maximum absolute atomic E-state index is 13.0. The van der Waals surface area contributed by atoms with Crippen LogP contribution < -0.4 is 5.73 Å². The summed E-state index contributed by atoms with van der Waals surface area (Å²) in [7, 11) is 0. The van der Waals surface area contributed by atoms with Gasteiger partial charge in [0.05, 0.1) is 11.8 Å². The Kier molecular flexibility index (Phi) is 3.52. The molecular formula is C11H8F2N4S. The van der Waals surface area contributed by atoms with Crippen molar-refractivity contribution in [3.8, 4) is 0 Å². The predicted octanol–water partition coefficient (Wildman–Crippen LogP) is 2.19. The van der Waals surface area contributed by atoms with E-state index in [9.17, 15) is 8.78 Å². The Morgan fingerprint density at radius 1 is 1.22 bits per heavy atom. The molecule has 1 aromatic carbocycles. The van der Waals surface area contributed by atoms with Gasteiger partial charge in [-0.3, -0.25) is 5.41 Å². The van der Waals surface area contributed by atoms with Crippen LogP contribution in [-0.4, -0.2) is 16.0 Å². The molecule has 0 saturated carbocycles. The van der Waals surface area contributed by atoms with E-state index < -0.39 is 11.6 Å². The zero-order chi connectivity index (χ0) is 13.1. The molecule has 0 aliphatic heterocycles. The van der Waals surface area contributed by atoms with E-state index in [1.165, 1.54) is 18.3 Å². The lowest BCUT2D eigenvalue weighted by Gasteiger charge is -2.05. The molecule has 0 unspecified atom stereocenters. The van der Waals surface area contributed by atoms with Crippen LogP contribution in [0.1, 0.15) is 5.56 Å². The molecule has 3 N–H and O–H groups in total. The van der Waals surface area contributed by atoms with E-state index in [4.69, 9.17) is 11.1 Å². The van der Waals surface area contributed by atoms with Crippen LogP contribution in [0.3, 0.4) is 0 Å². The van der Waals surface area contributed by atoms with Gasteiger partial charge in [0.15, 0.2) is 11.6 Å². The number of nitrogen functional groups attached to an aromatic ring is 1. The van der Waals surface area contributed by atoms with Crippen molar-refractivity contribution in [3.63, 3.8) is 0 Å². The molecule has 0 aliphatic carbocycles. The highest BCUT2D eigenvalue weighted by molar-refractivity contribution is 7.99. The third-order valence-corrected chi connectivity index (χ3v) is 3.07. The summed E-state index contributed by atoms with van der Waals surface area (Å²) in [5.74, 6) is -2.01. The Bertz CT molecular complexity index is 603. The standard InChI is InChI=1S/C11H8F2N4S/c12-8-2-1-6(5-9(8)13)18-11-7(10(14)15)3-4-16-17-11/h1-5H,(H3,14,15). The minimum Gasteiger partial charge on any atom is -0.384 e. The number of nitrogens with one attached hydrogen (secondary N) is 1. The second-order valence-electron chi connectivity index (χ2n) is 3.34. The topological polar surface area (TPSA) is 75.7 Å². The molecule has 92 valence electrons. The molecular weight excluding hydrogens is 258 g/mol. The molecule has 0 bridgehead atoms. The van der Waals surface area contributed by atoms with Crippen LogP contribution in [0.4, 0.5) is 8.78 Å². The molecule has 4 nitrogen and oxygen atoms in total. The van der Waals surface area contributed by atoms with E-state index >= 15 is 0 Å². The number of amidine groups is 1. The lowest BCUT2D eigenvalue weighted by Crippen LogP contribution is -2.13. The molecule has 1 aromatic heterocycles. The highest BCUT2D eigenvalue weighted by Crippen LogP contribution is 2.28. The highest BCUT2D eigenvalue weighted by Gasteiger charge is 2.10. The first kappa shape index (κ1) is 12.4. The van der Waals surface area contributed by atoms with Crippen molar-refractivity contribution >= 4 is 17.6 Å². The van der Waals surface area contributed by atoms with Gasteiger partial charge in [-0.25, -0.2) is 8.78 Å². The fraction of sp³-hybridized carbons (Fsp3) is 0. The first-order valence-electron chi connectivity index (χ1n) is 4.87. The van der Waals surface area contributed by atoms with Crippen LogP contribution in [0, 0.1) is 17.0 Å². The van der Waals surface area contributed by atoms with Crippen molar-refractivity contribution < 1.29 is 8.78 Å². The minimum atomic E-state index is -0.937. The summed E-state index contributed by atoms with van der Waals surface area (Å²) >= 11 is 1.06. The van der Waals surface area contributed by atoms with E-state index in [2.05, 4.69) is 10.2 Å². The maximum Gasteiger partial charge on any atom is 0.159 e. The Hall–Kier alpha value is -2.02. The van der Waals surface area contributed by atoms with Crippen molar-refractivity contribution in [2.24, 2.45) is 5.73 Å². The summed E-state index contributed by atoms with van der Waals surface area (Å²) in [6.45, 7) is 0. The second kappa shape index (κ2) is 5.09. The van der Waals surface area contributed by atoms with Gasteiger partial charge >= 0.3 is 0 Å². The Labute approximate surface area is 106 Å². The number of rotatable bonds is 3. The first-order valence-corrected chi connectivity index (χ1v) is 5.68. The van der Waals surface area contributed by atoms with Gasteiger partial charge in [0.25, 0.3) is 0 Å². The Morgan fingerprint density at radius 2 is 2.00 bits per heavy atom. The van der Waals surface area contributed by atoms with Crippen LogP contribution in [0.25, 0.3) is 0 Å². The van der Waals surface area contributed by atoms with E-state index in [0.717, 1.165) is 23.9 Å². The van der Waals surface area contributed by atoms with Crippen molar-refractivity contribution in [2.75, 3.05) is 0 Å². The molecule has 0 spiro atoms. The van der Waals surface area contributed by atoms with Gasteiger partial charge in [-0.15, -0.1) is 5.10 Å². The maximum atomic E-state index is 13.0. The summed E-state index contributed by atoms with van der Waals surface area (Å²) < 4.78 is 25.8. The number of aromatic nitrogens is 2. The SMILES string of the molecule is N=C(N)c1ccnnc1Sc1ccc(F)c(F)c1. The molecule has 2 rings (SSSR count). The van der Waals surface area contributed by atoms with Crippen LogP contribution >= 0.6 is 11.8 Å². The smallest absolute Gasteiger partial charge is 0.159 e. The minimum absolute atomic E-state index is 0.157. The average Bonchev–Trinajstić information content (AvgIpc) is 2.34. The molecule has 0 saturated heterocycles. The van der Waals surface area contributed by atoms with Crippen LogP contribution in [0.2, 0.25) is 0 Å². The molecule has 0 fully saturated rings. The first-order chi connectivity index (χ1) is 8.58. The molecule has 0 amide bonds. The van der Waals surface area contributed by atoms with E-state index in [1.54, 1.807) is 0 Å². The molecule has 18 heavy (non-hydrogen) atoms. The zero-order valence-electron chi connectivity index (χ0n) is 9.02. The summed E-state index contributed by atoms with van der Waals surface area (Å²) in [6.07, 6.45) is 1.41. The Balaban J connectivity index is 2.34. The van der Waals surface area contributed by atoms with Crippen LogP contribution in [0.15, 0.2) is 40.4 Å². The van der Waals surface area contributed by atoms with E-state index in [1.807, 2.05) is 0 Å². The normalized spacial score (nSPS) is 10.3. The monoisotopic (exact) mass is 266 g/mol. The largest absolute Gasteiger partial charge is 0.384 e. The van der Waals surface area contributed by atoms with Gasteiger partial charge in [0.2, 0.25) is 0 Å². The number of hydrogen-bond donors (Lipinski definition) is 2. The zero-order valence-corrected chi connectivity index (χ0v) is 9.84. The number of benzene rings is 1. The van der Waals surface area contributed by atoms with Gasteiger partial charge in [-0.1, -0.05) is 11.8 Å². The molecule has 1 heterocycles. The molecule has 0 aliphatic rings. The number of nitrogens with two attached hydrogens (primary N) is 1. The lowest BCUT2D eigenvalue weighted by molar-refractivity contribution is 0.506. The molecule has 2 aromatic rings. The summed E-state index contributed by atoms with van der Waals surface area (Å²) in [6, 6.07) is 5.04. The van der Waals surface area contributed by atoms with Crippen LogP contribution in [-0.2, 0) is 0 Å². The van der Waals surface area contributed by atoms with E-state index in [0.29, 0.717) is 15.5 Å². The summed E-state index contributed by atoms with van der Waals surface area (Å²) in [5.41, 5.74) is 5.79. The van der Waals surface area contributed by atoms with E-state index in [-0.39, 0.29) is 5.84 Å². The lowest BCUT2D eigenvalue weighted by atomic mass is 10.3. The summed E-state index contributed by atoms with van der Waals surface area (Å²) in [4.78, 5) is 0.455. The Morgan fingerprint density at radius 3 is 2.67 bits per heavy atom. The fourth-order valence-electron chi connectivity index (χ4n) is 1.25. The third-order valence-electron chi connectivity index (χ3n) is 2.08. The van der Waals surface area contributed by atoms with Crippen molar-refractivity contribution in [3.05, 3.63) is 47.7 Å². The van der Waals surface area contributed by atoms with Crippen molar-refractivity contribution in [2.45, 2.75) is 9.92 Å². The molecule has 0 radical (unpaired) electrons. The predicted molar refractivity (Wildman–Crippen MR) is 63.5 cm³/mol. The van der Waals surface area contributed by atoms with Crippen molar-refractivity contribution in [1.82, 2.24) is 10.2 Å². The van der Waals surface area contributed by atoms with Gasteiger partial charge in [0, 0.05) is 4.90 Å². The second-order valence-corrected chi connectivity index (χ2v) is 4.40.